The van der Waals surface area contributed by atoms with Crippen LogP contribution in [-0.4, -0.2) is 26.2 Å². The zero-order chi connectivity index (χ0) is 16.2. The fourth-order valence-electron chi connectivity index (χ4n) is 5.34. The van der Waals surface area contributed by atoms with Gasteiger partial charge in [0.25, 0.3) is 0 Å². The Morgan fingerprint density at radius 1 is 1.05 bits per heavy atom. The van der Waals surface area contributed by atoms with Crippen LogP contribution in [0.15, 0.2) is 10.1 Å². The molecule has 0 aromatic heterocycles. The summed E-state index contributed by atoms with van der Waals surface area (Å²) in [5.74, 6) is -0.252. The predicted octanol–water partition coefficient (Wildman–Crippen LogP) is 5.04. The first-order chi connectivity index (χ1) is 10.1. The van der Waals surface area contributed by atoms with Gasteiger partial charge >= 0.3 is 5.97 Å². The summed E-state index contributed by atoms with van der Waals surface area (Å²) in [5, 5.41) is 0.486. The number of hydrogen-bond donors (Lipinski definition) is 0. The number of rotatable bonds is 1. The molecule has 0 aliphatic heterocycles. The number of ether oxygens (including phenoxy) is 1. The monoisotopic (exact) mass is 422 g/mol. The maximum Gasteiger partial charge on any atom is 0.302 e. The Hall–Kier alpha value is 0.950. The van der Waals surface area contributed by atoms with E-state index in [0.717, 1.165) is 12.8 Å². The lowest BCUT2D eigenvalue weighted by Crippen LogP contribution is -2.46. The molecule has 0 saturated heterocycles. The van der Waals surface area contributed by atoms with Crippen molar-refractivity contribution in [2.75, 3.05) is 0 Å². The highest BCUT2D eigenvalue weighted by atomic mass is 35.5. The Morgan fingerprint density at radius 2 is 1.59 bits per heavy atom. The first-order valence-electron chi connectivity index (χ1n) is 7.07. The van der Waals surface area contributed by atoms with Gasteiger partial charge in [-0.15, -0.1) is 23.2 Å². The standard InChI is InChI=1S/C14H12Cl6O2/c1-4(21)22-7-3-5-2-6(7)9-8(5)12(17)10(15)11(16)13(9,18)14(12,19)20/h5-9H,2-3H2,1H3/t5-,6-,7-,8+,9+,12-,13-/m1/s1. The molecule has 0 amide bonds. The molecule has 3 saturated carbocycles. The van der Waals surface area contributed by atoms with E-state index in [1.807, 2.05) is 0 Å². The van der Waals surface area contributed by atoms with Crippen molar-refractivity contribution in [2.24, 2.45) is 23.7 Å². The van der Waals surface area contributed by atoms with E-state index in [9.17, 15) is 4.79 Å². The fraction of sp³-hybridized carbons (Fsp3) is 0.786. The number of carbonyl (C=O) groups is 1. The minimum Gasteiger partial charge on any atom is -0.462 e. The van der Waals surface area contributed by atoms with Crippen molar-refractivity contribution < 1.29 is 9.53 Å². The van der Waals surface area contributed by atoms with Gasteiger partial charge in [-0.1, -0.05) is 46.4 Å². The Kier molecular flexibility index (Phi) is 3.41. The van der Waals surface area contributed by atoms with Crippen molar-refractivity contribution in [3.05, 3.63) is 10.1 Å². The lowest BCUT2D eigenvalue weighted by Gasteiger charge is -2.41. The third-order valence-corrected chi connectivity index (χ3v) is 10.2. The lowest BCUT2D eigenvalue weighted by atomic mass is 9.71. The molecule has 0 radical (unpaired) electrons. The minimum atomic E-state index is -1.49. The molecule has 4 rings (SSSR count). The normalized spacial score (nSPS) is 54.0. The summed E-state index contributed by atoms with van der Waals surface area (Å²) in [4.78, 5) is 8.91. The van der Waals surface area contributed by atoms with Crippen LogP contribution in [0.2, 0.25) is 0 Å². The van der Waals surface area contributed by atoms with E-state index in [1.54, 1.807) is 0 Å². The van der Waals surface area contributed by atoms with E-state index in [2.05, 4.69) is 0 Å². The van der Waals surface area contributed by atoms with Gasteiger partial charge in [0, 0.05) is 12.8 Å². The Bertz CT molecular complexity index is 618. The molecule has 0 N–H and O–H groups in total. The fourth-order valence-corrected chi connectivity index (χ4v) is 8.49. The van der Waals surface area contributed by atoms with Gasteiger partial charge in [-0.05, 0) is 30.6 Å². The van der Waals surface area contributed by atoms with Gasteiger partial charge in [-0.2, -0.15) is 0 Å². The molecule has 3 fully saturated rings. The first kappa shape index (κ1) is 16.4. The molecule has 8 heteroatoms. The molecule has 0 aromatic carbocycles. The van der Waals surface area contributed by atoms with Crippen molar-refractivity contribution in [2.45, 2.75) is 40.0 Å². The molecule has 22 heavy (non-hydrogen) atoms. The van der Waals surface area contributed by atoms with Crippen LogP contribution in [0.4, 0.5) is 0 Å². The summed E-state index contributed by atoms with van der Waals surface area (Å²) in [5.41, 5.74) is 0. The van der Waals surface area contributed by atoms with Gasteiger partial charge in [0.15, 0.2) is 4.33 Å². The van der Waals surface area contributed by atoms with Crippen LogP contribution in [-0.2, 0) is 9.53 Å². The van der Waals surface area contributed by atoms with E-state index >= 15 is 0 Å². The summed E-state index contributed by atoms with van der Waals surface area (Å²) in [6.07, 6.45) is 1.42. The lowest BCUT2D eigenvalue weighted by molar-refractivity contribution is -0.150. The van der Waals surface area contributed by atoms with Gasteiger partial charge in [0.05, 0.1) is 10.1 Å². The summed E-state index contributed by atoms with van der Waals surface area (Å²) in [6.45, 7) is 1.40. The predicted molar refractivity (Wildman–Crippen MR) is 89.1 cm³/mol. The largest absolute Gasteiger partial charge is 0.462 e. The second kappa shape index (κ2) is 4.56. The van der Waals surface area contributed by atoms with E-state index in [1.165, 1.54) is 6.92 Å². The van der Waals surface area contributed by atoms with Gasteiger partial charge in [-0.25, -0.2) is 0 Å². The summed E-state index contributed by atoms with van der Waals surface area (Å²) < 4.78 is 3.96. The van der Waals surface area contributed by atoms with Crippen molar-refractivity contribution >= 4 is 75.6 Å². The second-order valence-corrected chi connectivity index (χ2v) is 10.00. The molecule has 4 bridgehead atoms. The maximum absolute atomic E-state index is 11.3. The molecule has 122 valence electrons. The van der Waals surface area contributed by atoms with E-state index in [-0.39, 0.29) is 45.8 Å². The number of esters is 1. The number of fused-ring (bicyclic) bond motifs is 9. The average molecular weight is 425 g/mol. The molecule has 0 heterocycles. The highest BCUT2D eigenvalue weighted by molar-refractivity contribution is 6.65. The minimum absolute atomic E-state index is 0.0485. The number of allylic oxidation sites excluding steroid dienone is 2. The molecule has 0 aromatic rings. The zero-order valence-electron chi connectivity index (χ0n) is 11.4. The van der Waals surface area contributed by atoms with E-state index in [0.29, 0.717) is 0 Å². The van der Waals surface area contributed by atoms with Crippen LogP contribution in [0.5, 0.6) is 0 Å². The summed E-state index contributed by atoms with van der Waals surface area (Å²) in [6, 6.07) is 0. The quantitative estimate of drug-likeness (QED) is 0.335. The van der Waals surface area contributed by atoms with Crippen LogP contribution >= 0.6 is 69.6 Å². The van der Waals surface area contributed by atoms with Crippen molar-refractivity contribution in [1.29, 1.82) is 0 Å². The molecule has 0 spiro atoms. The Morgan fingerprint density at radius 3 is 2.14 bits per heavy atom. The Labute approximate surface area is 158 Å². The number of halogens is 6. The maximum atomic E-state index is 11.3. The van der Waals surface area contributed by atoms with Crippen LogP contribution < -0.4 is 0 Å². The van der Waals surface area contributed by atoms with Gasteiger partial charge in [-0.3, -0.25) is 4.79 Å². The molecular weight excluding hydrogens is 413 g/mol. The van der Waals surface area contributed by atoms with Crippen molar-refractivity contribution in [1.82, 2.24) is 0 Å². The molecule has 0 unspecified atom stereocenters. The SMILES string of the molecule is CC(=O)O[C@@H]1C[C@H]2C[C@H]1[C@H]1[C@H]2[C@@]2(Cl)C(Cl)=C(Cl)[C@@]1(Cl)C2(Cl)Cl. The third-order valence-electron chi connectivity index (χ3n) is 5.92. The first-order valence-corrected chi connectivity index (χ1v) is 9.34. The van der Waals surface area contributed by atoms with Gasteiger partial charge in [0.2, 0.25) is 0 Å². The van der Waals surface area contributed by atoms with Crippen LogP contribution in [0.25, 0.3) is 0 Å². The topological polar surface area (TPSA) is 26.3 Å². The van der Waals surface area contributed by atoms with Crippen molar-refractivity contribution in [3.63, 3.8) is 0 Å². The Balaban J connectivity index is 1.83. The summed E-state index contributed by atoms with van der Waals surface area (Å²) in [7, 11) is 0. The van der Waals surface area contributed by atoms with Gasteiger partial charge < -0.3 is 4.74 Å². The van der Waals surface area contributed by atoms with E-state index in [4.69, 9.17) is 74.3 Å². The van der Waals surface area contributed by atoms with Crippen LogP contribution in [0.3, 0.4) is 0 Å². The number of carbonyl (C=O) groups excluding carboxylic acids is 1. The molecule has 4 aliphatic rings. The van der Waals surface area contributed by atoms with Gasteiger partial charge in [0.1, 0.15) is 15.9 Å². The molecule has 2 nitrogen and oxygen atoms in total. The zero-order valence-corrected chi connectivity index (χ0v) is 15.9. The van der Waals surface area contributed by atoms with E-state index < -0.39 is 14.1 Å². The summed E-state index contributed by atoms with van der Waals surface area (Å²) >= 11 is 39.7. The van der Waals surface area contributed by atoms with Crippen LogP contribution in [0.1, 0.15) is 19.8 Å². The molecular formula is C14H12Cl6O2. The third kappa shape index (κ3) is 1.48. The molecule has 4 aliphatic carbocycles. The smallest absolute Gasteiger partial charge is 0.302 e. The highest BCUT2D eigenvalue weighted by Gasteiger charge is 2.86. The second-order valence-electron chi connectivity index (χ2n) is 6.72. The molecule has 7 atom stereocenters. The van der Waals surface area contributed by atoms with Crippen molar-refractivity contribution in [3.8, 4) is 0 Å². The number of alkyl halides is 4. The highest BCUT2D eigenvalue weighted by Crippen LogP contribution is 2.82. The number of hydrogen-bond acceptors (Lipinski definition) is 2. The van der Waals surface area contributed by atoms with Crippen LogP contribution in [0, 0.1) is 23.7 Å². The average Bonchev–Trinajstić information content (AvgIpc) is 3.04.